The summed E-state index contributed by atoms with van der Waals surface area (Å²) in [5.74, 6) is 1.63. The van der Waals surface area contributed by atoms with Gasteiger partial charge in [0.05, 0.1) is 5.41 Å². The summed E-state index contributed by atoms with van der Waals surface area (Å²) in [6.07, 6.45) is 5.12. The molecule has 0 amide bonds. The molecule has 0 saturated carbocycles. The number of aromatic nitrogens is 2. The molecule has 1 saturated heterocycles. The second-order valence-electron chi connectivity index (χ2n) is 5.07. The number of ether oxygens (including phenoxy) is 1. The van der Waals surface area contributed by atoms with Crippen LogP contribution in [0.25, 0.3) is 0 Å². The maximum atomic E-state index is 5.49. The number of hydrogen-bond acceptors (Lipinski definition) is 5. The molecule has 102 valence electrons. The third kappa shape index (κ3) is 2.90. The van der Waals surface area contributed by atoms with Crippen LogP contribution in [0.3, 0.4) is 0 Å². The van der Waals surface area contributed by atoms with Gasteiger partial charge < -0.3 is 14.6 Å². The molecule has 5 heteroatoms. The third-order valence-corrected chi connectivity index (χ3v) is 3.64. The maximum absolute atomic E-state index is 5.49. The molecule has 0 bridgehead atoms. The molecule has 1 atom stereocenters. The first-order valence-corrected chi connectivity index (χ1v) is 6.83. The summed E-state index contributed by atoms with van der Waals surface area (Å²) in [6, 6.07) is 0. The lowest BCUT2D eigenvalue weighted by atomic mass is 9.82. The van der Waals surface area contributed by atoms with Gasteiger partial charge in [-0.2, -0.15) is 4.98 Å². The Kier molecular flexibility index (Phi) is 4.72. The van der Waals surface area contributed by atoms with E-state index in [1.807, 2.05) is 0 Å². The van der Waals surface area contributed by atoms with Crippen LogP contribution in [-0.2, 0) is 16.6 Å². The summed E-state index contributed by atoms with van der Waals surface area (Å²) in [5.41, 5.74) is 0.0707. The van der Waals surface area contributed by atoms with Crippen molar-refractivity contribution in [2.24, 2.45) is 0 Å². The Labute approximate surface area is 108 Å². The molecular weight excluding hydrogens is 230 g/mol. The van der Waals surface area contributed by atoms with Gasteiger partial charge in [0.15, 0.2) is 5.82 Å². The normalized spacial score (nSPS) is 23.7. The largest absolute Gasteiger partial charge is 0.385 e. The Morgan fingerprint density at radius 3 is 3.06 bits per heavy atom. The number of nitrogens with zero attached hydrogens (tertiary/aromatic N) is 2. The van der Waals surface area contributed by atoms with E-state index < -0.39 is 0 Å². The fourth-order valence-corrected chi connectivity index (χ4v) is 2.67. The van der Waals surface area contributed by atoms with Crippen LogP contribution >= 0.6 is 0 Å². The Morgan fingerprint density at radius 1 is 1.50 bits per heavy atom. The highest BCUT2D eigenvalue weighted by atomic mass is 16.5. The third-order valence-electron chi connectivity index (χ3n) is 3.64. The Hall–Kier alpha value is -0.940. The summed E-state index contributed by atoms with van der Waals surface area (Å²) >= 11 is 0. The SMILES string of the molecule is CCCC1(c2nc(CCCOC)no2)CCNC1. The quantitative estimate of drug-likeness (QED) is 0.749. The van der Waals surface area contributed by atoms with Crippen LogP contribution in [0.1, 0.15) is 44.3 Å². The Morgan fingerprint density at radius 2 is 2.39 bits per heavy atom. The fourth-order valence-electron chi connectivity index (χ4n) is 2.67. The van der Waals surface area contributed by atoms with Crippen molar-refractivity contribution in [3.63, 3.8) is 0 Å². The minimum absolute atomic E-state index is 0.0707. The molecule has 0 aromatic carbocycles. The number of nitrogens with one attached hydrogen (secondary N) is 1. The molecule has 1 aliphatic heterocycles. The van der Waals surface area contributed by atoms with Gasteiger partial charge in [-0.3, -0.25) is 0 Å². The molecule has 1 aliphatic rings. The molecule has 5 nitrogen and oxygen atoms in total. The van der Waals surface area contributed by atoms with Crippen molar-refractivity contribution < 1.29 is 9.26 Å². The monoisotopic (exact) mass is 253 g/mol. The molecule has 2 rings (SSSR count). The zero-order valence-electron chi connectivity index (χ0n) is 11.4. The van der Waals surface area contributed by atoms with Gasteiger partial charge in [-0.15, -0.1) is 0 Å². The molecule has 18 heavy (non-hydrogen) atoms. The highest BCUT2D eigenvalue weighted by Crippen LogP contribution is 2.34. The van der Waals surface area contributed by atoms with Gasteiger partial charge in [-0.25, -0.2) is 0 Å². The minimum Gasteiger partial charge on any atom is -0.385 e. The summed E-state index contributed by atoms with van der Waals surface area (Å²) < 4.78 is 10.5. The van der Waals surface area contributed by atoms with Gasteiger partial charge in [0, 0.05) is 26.7 Å². The van der Waals surface area contributed by atoms with E-state index in [-0.39, 0.29) is 5.41 Å². The number of hydrogen-bond donors (Lipinski definition) is 1. The van der Waals surface area contributed by atoms with E-state index in [1.54, 1.807) is 7.11 Å². The van der Waals surface area contributed by atoms with Crippen LogP contribution in [0.4, 0.5) is 0 Å². The van der Waals surface area contributed by atoms with Crippen molar-refractivity contribution in [1.82, 2.24) is 15.5 Å². The molecule has 0 aliphatic carbocycles. The molecule has 0 radical (unpaired) electrons. The molecule has 1 fully saturated rings. The zero-order valence-corrected chi connectivity index (χ0v) is 11.4. The van der Waals surface area contributed by atoms with E-state index in [1.165, 1.54) is 0 Å². The molecule has 2 heterocycles. The van der Waals surface area contributed by atoms with E-state index in [2.05, 4.69) is 22.4 Å². The van der Waals surface area contributed by atoms with Crippen molar-refractivity contribution in [2.45, 2.75) is 44.4 Å². The van der Waals surface area contributed by atoms with Gasteiger partial charge in [-0.1, -0.05) is 18.5 Å². The van der Waals surface area contributed by atoms with Crippen LogP contribution in [0.5, 0.6) is 0 Å². The summed E-state index contributed by atoms with van der Waals surface area (Å²) in [5, 5.41) is 7.50. The number of methoxy groups -OCH3 is 1. The highest BCUT2D eigenvalue weighted by molar-refractivity contribution is 5.10. The first-order valence-electron chi connectivity index (χ1n) is 6.83. The molecule has 0 spiro atoms. The highest BCUT2D eigenvalue weighted by Gasteiger charge is 2.39. The van der Waals surface area contributed by atoms with E-state index in [9.17, 15) is 0 Å². The van der Waals surface area contributed by atoms with Gasteiger partial charge in [-0.05, 0) is 25.8 Å². The molecule has 1 aromatic heterocycles. The maximum Gasteiger partial charge on any atom is 0.234 e. The number of aryl methyl sites for hydroxylation is 1. The van der Waals surface area contributed by atoms with Gasteiger partial charge in [0.1, 0.15) is 0 Å². The lowest BCUT2D eigenvalue weighted by Crippen LogP contribution is -2.29. The second-order valence-corrected chi connectivity index (χ2v) is 5.07. The first kappa shape index (κ1) is 13.5. The predicted molar refractivity (Wildman–Crippen MR) is 68.6 cm³/mol. The Balaban J connectivity index is 2.02. The van der Waals surface area contributed by atoms with Crippen molar-refractivity contribution in [2.75, 3.05) is 26.8 Å². The zero-order chi connectivity index (χ0) is 12.8. The standard InChI is InChI=1S/C13H23N3O2/c1-3-6-13(7-8-14-10-13)12-15-11(16-18-12)5-4-9-17-2/h14H,3-10H2,1-2H3. The van der Waals surface area contributed by atoms with E-state index >= 15 is 0 Å². The van der Waals surface area contributed by atoms with Gasteiger partial charge >= 0.3 is 0 Å². The van der Waals surface area contributed by atoms with Crippen molar-refractivity contribution >= 4 is 0 Å². The lowest BCUT2D eigenvalue weighted by Gasteiger charge is -2.22. The smallest absolute Gasteiger partial charge is 0.234 e. The lowest BCUT2D eigenvalue weighted by molar-refractivity contribution is 0.194. The molecule has 1 unspecified atom stereocenters. The Bertz CT molecular complexity index is 359. The van der Waals surface area contributed by atoms with Crippen LogP contribution in [0, 0.1) is 0 Å². The average Bonchev–Trinajstić information content (AvgIpc) is 2.99. The summed E-state index contributed by atoms with van der Waals surface area (Å²) in [6.45, 7) is 4.95. The van der Waals surface area contributed by atoms with Crippen LogP contribution in [0.15, 0.2) is 4.52 Å². The predicted octanol–water partition coefficient (Wildman–Crippen LogP) is 1.68. The molecule has 1 N–H and O–H groups in total. The topological polar surface area (TPSA) is 60.2 Å². The van der Waals surface area contributed by atoms with Crippen molar-refractivity contribution in [1.29, 1.82) is 0 Å². The molecular formula is C13H23N3O2. The van der Waals surface area contributed by atoms with Crippen LogP contribution in [0.2, 0.25) is 0 Å². The van der Waals surface area contributed by atoms with Gasteiger partial charge in [0.2, 0.25) is 5.89 Å². The summed E-state index contributed by atoms with van der Waals surface area (Å²) in [7, 11) is 1.71. The van der Waals surface area contributed by atoms with Gasteiger partial charge in [0.25, 0.3) is 0 Å². The second kappa shape index (κ2) is 6.29. The minimum atomic E-state index is 0.0707. The number of rotatable bonds is 7. The van der Waals surface area contributed by atoms with Crippen molar-refractivity contribution in [3.05, 3.63) is 11.7 Å². The van der Waals surface area contributed by atoms with Crippen LogP contribution < -0.4 is 5.32 Å². The average molecular weight is 253 g/mol. The van der Waals surface area contributed by atoms with E-state index in [4.69, 9.17) is 9.26 Å². The van der Waals surface area contributed by atoms with Crippen LogP contribution in [-0.4, -0.2) is 36.9 Å². The van der Waals surface area contributed by atoms with Crippen molar-refractivity contribution in [3.8, 4) is 0 Å². The fraction of sp³-hybridized carbons (Fsp3) is 0.846. The first-order chi connectivity index (χ1) is 8.80. The van der Waals surface area contributed by atoms with E-state index in [0.29, 0.717) is 0 Å². The van der Waals surface area contributed by atoms with E-state index in [0.717, 1.165) is 63.5 Å². The summed E-state index contributed by atoms with van der Waals surface area (Å²) in [4.78, 5) is 4.58. The molecule has 1 aromatic rings.